The fraction of sp³-hybridized carbons (Fsp3) is 0.533. The first-order valence-corrected chi connectivity index (χ1v) is 7.02. The normalized spacial score (nSPS) is 25.8. The Labute approximate surface area is 113 Å². The zero-order valence-electron chi connectivity index (χ0n) is 11.3. The van der Waals surface area contributed by atoms with E-state index in [9.17, 15) is 4.79 Å². The summed E-state index contributed by atoms with van der Waals surface area (Å²) in [6.45, 7) is 4.87. The molecule has 4 heteroatoms. The minimum absolute atomic E-state index is 0.0386. The third-order valence-corrected chi connectivity index (χ3v) is 4.11. The lowest BCUT2D eigenvalue weighted by atomic mass is 9.98. The Kier molecular flexibility index (Phi) is 3.42. The van der Waals surface area contributed by atoms with Crippen LogP contribution < -0.4 is 5.32 Å². The van der Waals surface area contributed by atoms with E-state index in [4.69, 9.17) is 4.74 Å². The molecule has 4 nitrogen and oxygen atoms in total. The van der Waals surface area contributed by atoms with Crippen LogP contribution in [-0.4, -0.2) is 43.2 Å². The molecule has 2 heterocycles. The number of fused-ring (bicyclic) bond motifs is 1. The minimum Gasteiger partial charge on any atom is -0.384 e. The molecule has 2 atom stereocenters. The van der Waals surface area contributed by atoms with Crippen molar-refractivity contribution in [2.75, 3.05) is 31.6 Å². The molecule has 1 aromatic rings. The third-order valence-electron chi connectivity index (χ3n) is 4.11. The fourth-order valence-corrected chi connectivity index (χ4v) is 2.99. The van der Waals surface area contributed by atoms with Gasteiger partial charge in [-0.15, -0.1) is 0 Å². The van der Waals surface area contributed by atoms with Gasteiger partial charge in [0, 0.05) is 18.8 Å². The average molecular weight is 260 g/mol. The van der Waals surface area contributed by atoms with Gasteiger partial charge in [0.15, 0.2) is 0 Å². The lowest BCUT2D eigenvalue weighted by molar-refractivity contribution is -0.141. The number of para-hydroxylation sites is 1. The Morgan fingerprint density at radius 1 is 1.47 bits per heavy atom. The molecular formula is C15H20N2O2. The summed E-state index contributed by atoms with van der Waals surface area (Å²) in [5.41, 5.74) is 2.23. The molecular weight excluding hydrogens is 240 g/mol. The van der Waals surface area contributed by atoms with Crippen molar-refractivity contribution in [3.63, 3.8) is 0 Å². The number of amides is 1. The van der Waals surface area contributed by atoms with Gasteiger partial charge in [-0.25, -0.2) is 0 Å². The van der Waals surface area contributed by atoms with Gasteiger partial charge in [0.1, 0.15) is 0 Å². The van der Waals surface area contributed by atoms with Gasteiger partial charge in [-0.2, -0.15) is 0 Å². The van der Waals surface area contributed by atoms with Gasteiger partial charge < -0.3 is 15.0 Å². The summed E-state index contributed by atoms with van der Waals surface area (Å²) in [6, 6.07) is 8.33. The zero-order valence-corrected chi connectivity index (χ0v) is 11.3. The second kappa shape index (κ2) is 5.21. The third kappa shape index (κ3) is 2.21. The molecule has 1 amide bonds. The number of carbonyl (C=O) groups is 1. The highest BCUT2D eigenvalue weighted by atomic mass is 16.5. The summed E-state index contributed by atoms with van der Waals surface area (Å²) >= 11 is 0. The number of anilines is 1. The number of carbonyl (C=O) groups excluding carboxylic acids is 1. The summed E-state index contributed by atoms with van der Waals surface area (Å²) in [5, 5.41) is 3.32. The minimum atomic E-state index is -0.0386. The molecule has 0 aliphatic carbocycles. The van der Waals surface area contributed by atoms with Crippen LogP contribution in [0.15, 0.2) is 24.3 Å². The molecule has 102 valence electrons. The average Bonchev–Trinajstić information content (AvgIpc) is 2.90. The number of benzene rings is 1. The number of nitrogens with one attached hydrogen (secondary N) is 1. The van der Waals surface area contributed by atoms with E-state index in [1.807, 2.05) is 23.1 Å². The molecule has 0 saturated carbocycles. The van der Waals surface area contributed by atoms with Crippen LogP contribution in [-0.2, 0) is 9.53 Å². The topological polar surface area (TPSA) is 41.6 Å². The van der Waals surface area contributed by atoms with E-state index in [0.717, 1.165) is 24.2 Å². The quantitative estimate of drug-likeness (QED) is 0.882. The summed E-state index contributed by atoms with van der Waals surface area (Å²) < 4.78 is 5.48. The van der Waals surface area contributed by atoms with Gasteiger partial charge >= 0.3 is 0 Å². The molecule has 3 rings (SSSR count). The van der Waals surface area contributed by atoms with Crippen molar-refractivity contribution in [2.45, 2.75) is 25.3 Å². The maximum Gasteiger partial charge on any atom is 0.232 e. The molecule has 19 heavy (non-hydrogen) atoms. The second-order valence-corrected chi connectivity index (χ2v) is 5.19. The first-order chi connectivity index (χ1) is 9.31. The molecule has 2 aliphatic rings. The van der Waals surface area contributed by atoms with Crippen molar-refractivity contribution >= 4 is 11.6 Å². The lowest BCUT2D eigenvalue weighted by Gasteiger charge is -2.36. The summed E-state index contributed by atoms with van der Waals surface area (Å²) in [4.78, 5) is 14.8. The molecule has 1 saturated heterocycles. The number of rotatable bonds is 2. The predicted molar refractivity (Wildman–Crippen MR) is 74.3 cm³/mol. The van der Waals surface area contributed by atoms with Crippen molar-refractivity contribution in [3.05, 3.63) is 29.8 Å². The standard InChI is InChI=1S/C15H20N2O2/c1-2-11-10-19-8-7-17(11)15(18)13-9-16-14-6-4-3-5-12(13)14/h3-6,11,13,16H,2,7-10H2,1H3. The molecule has 0 radical (unpaired) electrons. The van der Waals surface area contributed by atoms with Crippen LogP contribution in [0.25, 0.3) is 0 Å². The van der Waals surface area contributed by atoms with E-state index < -0.39 is 0 Å². The van der Waals surface area contributed by atoms with Crippen LogP contribution in [0.1, 0.15) is 24.8 Å². The monoisotopic (exact) mass is 260 g/mol. The van der Waals surface area contributed by atoms with Gasteiger partial charge in [-0.3, -0.25) is 4.79 Å². The summed E-state index contributed by atoms with van der Waals surface area (Å²) in [6.07, 6.45) is 0.952. The van der Waals surface area contributed by atoms with Crippen LogP contribution in [0.5, 0.6) is 0 Å². The largest absolute Gasteiger partial charge is 0.384 e. The molecule has 0 aromatic heterocycles. The maximum absolute atomic E-state index is 12.8. The Balaban J connectivity index is 1.81. The van der Waals surface area contributed by atoms with Gasteiger partial charge in [-0.05, 0) is 18.1 Å². The van der Waals surface area contributed by atoms with Crippen molar-refractivity contribution < 1.29 is 9.53 Å². The van der Waals surface area contributed by atoms with Crippen molar-refractivity contribution in [3.8, 4) is 0 Å². The van der Waals surface area contributed by atoms with Crippen LogP contribution in [0.2, 0.25) is 0 Å². The number of ether oxygens (including phenoxy) is 1. The van der Waals surface area contributed by atoms with Crippen LogP contribution in [0.4, 0.5) is 5.69 Å². The number of morpholine rings is 1. The van der Waals surface area contributed by atoms with Gasteiger partial charge in [0.05, 0.1) is 25.2 Å². The molecule has 1 aromatic carbocycles. The summed E-state index contributed by atoms with van der Waals surface area (Å²) in [7, 11) is 0. The SMILES string of the molecule is CCC1COCCN1C(=O)C1CNc2ccccc21. The lowest BCUT2D eigenvalue weighted by Crippen LogP contribution is -2.50. The van der Waals surface area contributed by atoms with E-state index in [0.29, 0.717) is 19.8 Å². The molecule has 1 N–H and O–H groups in total. The Bertz CT molecular complexity index is 475. The van der Waals surface area contributed by atoms with Gasteiger partial charge in [-0.1, -0.05) is 25.1 Å². The zero-order chi connectivity index (χ0) is 13.2. The van der Waals surface area contributed by atoms with E-state index in [-0.39, 0.29) is 17.9 Å². The highest BCUT2D eigenvalue weighted by Gasteiger charge is 2.35. The molecule has 0 bridgehead atoms. The van der Waals surface area contributed by atoms with Gasteiger partial charge in [0.2, 0.25) is 5.91 Å². The van der Waals surface area contributed by atoms with E-state index in [1.165, 1.54) is 0 Å². The molecule has 0 spiro atoms. The van der Waals surface area contributed by atoms with Crippen molar-refractivity contribution in [2.24, 2.45) is 0 Å². The van der Waals surface area contributed by atoms with E-state index in [1.54, 1.807) is 0 Å². The molecule has 2 unspecified atom stereocenters. The summed E-state index contributed by atoms with van der Waals surface area (Å²) in [5.74, 6) is 0.205. The molecule has 1 fully saturated rings. The number of hydrogen-bond acceptors (Lipinski definition) is 3. The maximum atomic E-state index is 12.8. The number of nitrogens with zero attached hydrogens (tertiary/aromatic N) is 1. The van der Waals surface area contributed by atoms with Gasteiger partial charge in [0.25, 0.3) is 0 Å². The Morgan fingerprint density at radius 3 is 3.16 bits per heavy atom. The highest BCUT2D eigenvalue weighted by Crippen LogP contribution is 2.33. The number of hydrogen-bond donors (Lipinski definition) is 1. The highest BCUT2D eigenvalue weighted by molar-refractivity contribution is 5.88. The van der Waals surface area contributed by atoms with Crippen LogP contribution in [0.3, 0.4) is 0 Å². The van der Waals surface area contributed by atoms with E-state index >= 15 is 0 Å². The predicted octanol–water partition coefficient (Wildman–Crippen LogP) is 1.83. The Hall–Kier alpha value is -1.55. The Morgan fingerprint density at radius 2 is 2.32 bits per heavy atom. The first kappa shape index (κ1) is 12.5. The van der Waals surface area contributed by atoms with E-state index in [2.05, 4.69) is 18.3 Å². The smallest absolute Gasteiger partial charge is 0.232 e. The van der Waals surface area contributed by atoms with Crippen molar-refractivity contribution in [1.29, 1.82) is 0 Å². The van der Waals surface area contributed by atoms with Crippen molar-refractivity contribution in [1.82, 2.24) is 4.90 Å². The first-order valence-electron chi connectivity index (χ1n) is 7.02. The molecule has 2 aliphatic heterocycles. The second-order valence-electron chi connectivity index (χ2n) is 5.19. The fourth-order valence-electron chi connectivity index (χ4n) is 2.99. The van der Waals surface area contributed by atoms with Crippen LogP contribution in [0, 0.1) is 0 Å². The van der Waals surface area contributed by atoms with Crippen LogP contribution >= 0.6 is 0 Å².